The number of rotatable bonds is 96. The van der Waals surface area contributed by atoms with E-state index in [-0.39, 0.29) is 47.5 Å². The third kappa shape index (κ3) is 80.5. The van der Waals surface area contributed by atoms with Crippen LogP contribution in [0.5, 0.6) is 0 Å². The molecule has 772 valence electrons. The van der Waals surface area contributed by atoms with Crippen LogP contribution in [-0.4, -0.2) is 193 Å². The highest BCUT2D eigenvalue weighted by atomic mass is 16.5. The minimum Gasteiger partial charge on any atom is -0.465 e. The van der Waals surface area contributed by atoms with Crippen LogP contribution in [0.1, 0.15) is 556 Å². The first kappa shape index (κ1) is 126. The summed E-state index contributed by atoms with van der Waals surface area (Å²) in [5, 5.41) is 47.6. The molecular weight excluding hydrogens is 1620 g/mol. The Morgan fingerprint density at radius 2 is 0.315 bits per heavy atom. The molecule has 1 rings (SSSR count). The van der Waals surface area contributed by atoms with Crippen LogP contribution in [0, 0.1) is 23.7 Å². The highest BCUT2D eigenvalue weighted by Gasteiger charge is 2.26. The fourth-order valence-corrected chi connectivity index (χ4v) is 19.7. The Hall–Kier alpha value is -2.44. The largest absolute Gasteiger partial charge is 0.465 e. The topological polar surface area (TPSA) is 199 Å². The number of aliphatic hydroxyl groups is 4. The van der Waals surface area contributed by atoms with Gasteiger partial charge >= 0.3 is 23.9 Å². The number of unbranched alkanes of at least 4 members (excludes halogenated alkanes) is 52. The summed E-state index contributed by atoms with van der Waals surface area (Å²) in [7, 11) is 0. The average Bonchev–Trinajstić information content (AvgIpc) is 0.891. The maximum Gasteiger partial charge on any atom is 0.308 e. The van der Waals surface area contributed by atoms with Crippen molar-refractivity contribution < 1.29 is 58.6 Å². The van der Waals surface area contributed by atoms with Crippen molar-refractivity contribution in [3.63, 3.8) is 0 Å². The maximum absolute atomic E-state index is 13.4. The van der Waals surface area contributed by atoms with Crippen molar-refractivity contribution in [2.45, 2.75) is 581 Å². The van der Waals surface area contributed by atoms with E-state index in [1.54, 1.807) is 0 Å². The molecule has 1 aliphatic rings. The second-order valence-corrected chi connectivity index (χ2v) is 41.2. The quantitative estimate of drug-likeness (QED) is 0.0254. The lowest BCUT2D eigenvalue weighted by atomic mass is 9.94. The molecule has 4 N–H and O–H groups in total. The summed E-state index contributed by atoms with van der Waals surface area (Å²) < 4.78 is 23.8. The van der Waals surface area contributed by atoms with Crippen LogP contribution in [-0.2, 0) is 38.1 Å². The Kier molecular flexibility index (Phi) is 93.5. The summed E-state index contributed by atoms with van der Waals surface area (Å²) in [4.78, 5) is 63.4. The molecule has 1 fully saturated rings. The molecule has 0 aliphatic carbocycles. The Morgan fingerprint density at radius 1 is 0.185 bits per heavy atom. The lowest BCUT2D eigenvalue weighted by molar-refractivity contribution is -0.150. The Balaban J connectivity index is 3.25. The van der Waals surface area contributed by atoms with Crippen molar-refractivity contribution in [2.75, 3.05) is 105 Å². The first-order valence-corrected chi connectivity index (χ1v) is 58.0. The maximum atomic E-state index is 13.4. The summed E-state index contributed by atoms with van der Waals surface area (Å²) in [5.74, 6) is 0.272. The van der Waals surface area contributed by atoms with Gasteiger partial charge in [-0.15, -0.1) is 0 Å². The molecule has 1 saturated heterocycles. The molecule has 0 aromatic heterocycles. The molecule has 8 atom stereocenters. The highest BCUT2D eigenvalue weighted by Crippen LogP contribution is 2.28. The van der Waals surface area contributed by atoms with Crippen LogP contribution < -0.4 is 0 Å². The van der Waals surface area contributed by atoms with Crippen LogP contribution in [0.3, 0.4) is 0 Å². The van der Waals surface area contributed by atoms with Gasteiger partial charge in [0.05, 0.1) is 74.5 Å². The van der Waals surface area contributed by atoms with Crippen LogP contribution in [0.15, 0.2) is 0 Å². The number of hydrogen-bond acceptors (Lipinski definition) is 16. The number of aliphatic hydroxyl groups excluding tert-OH is 4. The lowest BCUT2D eigenvalue weighted by Crippen LogP contribution is -2.46. The van der Waals surface area contributed by atoms with Gasteiger partial charge in [-0.25, -0.2) is 0 Å². The molecule has 16 heteroatoms. The summed E-state index contributed by atoms with van der Waals surface area (Å²) in [6.45, 7) is 29.0. The molecule has 1 heterocycles. The minimum absolute atomic E-state index is 0.0278. The molecule has 0 aromatic carbocycles. The zero-order chi connectivity index (χ0) is 94.5. The van der Waals surface area contributed by atoms with Crippen LogP contribution in [0.25, 0.3) is 0 Å². The van der Waals surface area contributed by atoms with Crippen molar-refractivity contribution in [3.8, 4) is 0 Å². The van der Waals surface area contributed by atoms with E-state index in [9.17, 15) is 39.6 Å². The molecule has 0 amide bonds. The normalized spacial score (nSPS) is 15.7. The first-order valence-electron chi connectivity index (χ1n) is 58.0. The van der Waals surface area contributed by atoms with Crippen LogP contribution in [0.2, 0.25) is 0 Å². The van der Waals surface area contributed by atoms with E-state index >= 15 is 0 Å². The van der Waals surface area contributed by atoms with Gasteiger partial charge in [-0.3, -0.25) is 38.8 Å². The van der Waals surface area contributed by atoms with E-state index in [1.807, 2.05) is 0 Å². The van der Waals surface area contributed by atoms with Gasteiger partial charge in [0.15, 0.2) is 0 Å². The number of carbonyl (C=O) groups excluding carboxylic acids is 4. The lowest BCUT2D eigenvalue weighted by Gasteiger charge is -2.34. The first-order chi connectivity index (χ1) is 63.7. The molecule has 0 bridgehead atoms. The molecular formula is C114H224N4O12. The number of nitrogens with zero attached hydrogens (tertiary/aromatic N) is 4. The van der Waals surface area contributed by atoms with Gasteiger partial charge in [0.25, 0.3) is 0 Å². The summed E-state index contributed by atoms with van der Waals surface area (Å²) in [5.41, 5.74) is 0. The van der Waals surface area contributed by atoms with Crippen molar-refractivity contribution in [1.82, 2.24) is 19.6 Å². The highest BCUT2D eigenvalue weighted by molar-refractivity contribution is 5.73. The summed E-state index contributed by atoms with van der Waals surface area (Å²) >= 11 is 0. The van der Waals surface area contributed by atoms with Crippen LogP contribution >= 0.6 is 0 Å². The summed E-state index contributed by atoms with van der Waals surface area (Å²) in [6, 6.07) is 0. The fraction of sp³-hybridized carbons (Fsp3) is 0.965. The second-order valence-electron chi connectivity index (χ2n) is 41.2. The van der Waals surface area contributed by atoms with Crippen molar-refractivity contribution in [3.05, 3.63) is 0 Å². The van der Waals surface area contributed by atoms with Gasteiger partial charge < -0.3 is 39.4 Å². The van der Waals surface area contributed by atoms with E-state index in [4.69, 9.17) is 18.9 Å². The Bertz CT molecular complexity index is 2060. The Labute approximate surface area is 806 Å². The number of esters is 4. The predicted molar refractivity (Wildman–Crippen MR) is 553 cm³/mol. The van der Waals surface area contributed by atoms with Gasteiger partial charge in [-0.05, 0) is 142 Å². The zero-order valence-corrected chi connectivity index (χ0v) is 87.9. The van der Waals surface area contributed by atoms with Crippen LogP contribution in [0.4, 0.5) is 0 Å². The third-order valence-electron chi connectivity index (χ3n) is 28.5. The van der Waals surface area contributed by atoms with Crippen molar-refractivity contribution in [2.24, 2.45) is 23.7 Å². The van der Waals surface area contributed by atoms with Gasteiger partial charge in [0.1, 0.15) is 0 Å². The van der Waals surface area contributed by atoms with Crippen molar-refractivity contribution >= 4 is 23.9 Å². The molecule has 0 aromatic rings. The van der Waals surface area contributed by atoms with Gasteiger partial charge in [-0.1, -0.05) is 441 Å². The van der Waals surface area contributed by atoms with Crippen molar-refractivity contribution in [1.29, 1.82) is 0 Å². The Morgan fingerprint density at radius 3 is 0.477 bits per heavy atom. The standard InChI is InChI=1S/C114H224N4O12/c1-9-17-25-33-45-61-79-103(75-57-29-21-13-5)111(123)127-95-69-53-41-37-49-65-83-107(119)99-115-87-73-88-117(101-109(121)85-67-51-39-43-55-71-97-129-113(125)105(77-59-31-23-15-7)81-63-47-35-27-19-11-3)93-94-118(102-110(122)86-68-52-40-44-56-72-98-130-114(126)106(78-60-32-24-16-8)82-64-48-36-28-20-12-4)90-74-89-116(92-91-115)100-108(120)84-66-50-38-42-54-70-96-128-112(124)104(76-58-30-22-14-6)80-62-46-34-26-18-10-2/h103-110,119-122H,9-102H2,1-8H3. The number of ether oxygens (including phenoxy) is 4. The molecule has 8 unspecified atom stereocenters. The van der Waals surface area contributed by atoms with E-state index in [1.165, 1.54) is 205 Å². The zero-order valence-electron chi connectivity index (χ0n) is 87.9. The molecule has 16 nitrogen and oxygen atoms in total. The molecule has 0 radical (unpaired) electrons. The van der Waals surface area contributed by atoms with Gasteiger partial charge in [0.2, 0.25) is 0 Å². The minimum atomic E-state index is -0.446. The number of β-amino-alcohol motifs (C(OH)–C–C–N with tert-alkyl or cyclic N) is 4. The smallest absolute Gasteiger partial charge is 0.308 e. The monoisotopic (exact) mass is 1840 g/mol. The SMILES string of the molecule is CCCCCCCCC(CCCCCC)C(=O)OCCCCCCCCC(O)CN1CCCN(CC(O)CCCCCCCCOC(=O)C(CCCCCC)CCCCCCCC)CCN(CC(O)CCCCCCCCOC(=O)C(CCCCCC)CCCCCCCC)CCCN(CC(O)CCCCCCCCOC(=O)C(CCCCCC)CCCCCCCC)CC1. The van der Waals surface area contributed by atoms with Gasteiger partial charge in [-0.2, -0.15) is 0 Å². The molecule has 0 spiro atoms. The van der Waals surface area contributed by atoms with E-state index < -0.39 is 24.4 Å². The molecule has 130 heavy (non-hydrogen) atoms. The molecule has 1 aliphatic heterocycles. The second kappa shape index (κ2) is 96.8. The predicted octanol–water partition coefficient (Wildman–Crippen LogP) is 29.9. The third-order valence-corrected chi connectivity index (χ3v) is 28.5. The average molecular weight is 1840 g/mol. The van der Waals surface area contributed by atoms with E-state index in [2.05, 4.69) is 75.0 Å². The summed E-state index contributed by atoms with van der Waals surface area (Å²) in [6.07, 6.45) is 84.3. The molecule has 0 saturated carbocycles. The number of hydrogen-bond donors (Lipinski definition) is 4. The van der Waals surface area contributed by atoms with E-state index in [0.29, 0.717) is 52.6 Å². The van der Waals surface area contributed by atoms with Gasteiger partial charge in [0, 0.05) is 52.4 Å². The fourth-order valence-electron chi connectivity index (χ4n) is 19.7. The number of carbonyl (C=O) groups is 4. The van der Waals surface area contributed by atoms with E-state index in [0.717, 1.165) is 348 Å².